The SMILES string of the molecule is CNC1CC2CCC(C1)N2c1cccc(OC(F)(F)F)c1. The lowest BCUT2D eigenvalue weighted by Gasteiger charge is -2.40. The fourth-order valence-electron chi connectivity index (χ4n) is 3.68. The van der Waals surface area contributed by atoms with Crippen molar-refractivity contribution < 1.29 is 17.9 Å². The van der Waals surface area contributed by atoms with E-state index in [0.717, 1.165) is 31.4 Å². The van der Waals surface area contributed by atoms with Gasteiger partial charge in [-0.1, -0.05) is 6.07 Å². The minimum atomic E-state index is -4.64. The molecule has 0 radical (unpaired) electrons. The van der Waals surface area contributed by atoms with Crippen molar-refractivity contribution in [1.82, 2.24) is 5.32 Å². The van der Waals surface area contributed by atoms with Crippen LogP contribution in [-0.4, -0.2) is 31.5 Å². The van der Waals surface area contributed by atoms with E-state index < -0.39 is 6.36 Å². The predicted octanol–water partition coefficient (Wildman–Crippen LogP) is 3.30. The summed E-state index contributed by atoms with van der Waals surface area (Å²) in [5.74, 6) is -0.143. The van der Waals surface area contributed by atoms with Crippen LogP contribution in [0.1, 0.15) is 25.7 Å². The molecule has 0 saturated carbocycles. The van der Waals surface area contributed by atoms with E-state index in [2.05, 4.69) is 15.0 Å². The molecule has 1 aromatic carbocycles. The zero-order valence-electron chi connectivity index (χ0n) is 11.9. The highest BCUT2D eigenvalue weighted by Gasteiger charge is 2.40. The lowest BCUT2D eigenvalue weighted by atomic mass is 9.96. The van der Waals surface area contributed by atoms with Gasteiger partial charge in [0.25, 0.3) is 0 Å². The molecule has 2 atom stereocenters. The molecule has 2 aliphatic heterocycles. The summed E-state index contributed by atoms with van der Waals surface area (Å²) >= 11 is 0. The van der Waals surface area contributed by atoms with Gasteiger partial charge < -0.3 is 15.0 Å². The average Bonchev–Trinajstić information content (AvgIpc) is 2.68. The average molecular weight is 300 g/mol. The van der Waals surface area contributed by atoms with Crippen LogP contribution in [0.5, 0.6) is 5.75 Å². The number of anilines is 1. The standard InChI is InChI=1S/C15H19F3N2O/c1-19-10-7-12-5-6-13(8-10)20(12)11-3-2-4-14(9-11)21-15(16,17)18/h2-4,9-10,12-13,19H,5-8H2,1H3. The van der Waals surface area contributed by atoms with Gasteiger partial charge in [0, 0.05) is 29.9 Å². The first-order valence-electron chi connectivity index (χ1n) is 7.27. The molecule has 0 amide bonds. The number of hydrogen-bond acceptors (Lipinski definition) is 3. The van der Waals surface area contributed by atoms with Gasteiger partial charge in [0.05, 0.1) is 0 Å². The van der Waals surface area contributed by atoms with E-state index in [0.29, 0.717) is 18.1 Å². The zero-order valence-corrected chi connectivity index (χ0v) is 11.9. The van der Waals surface area contributed by atoms with E-state index in [9.17, 15) is 13.2 Å². The van der Waals surface area contributed by atoms with Crippen LogP contribution in [0.4, 0.5) is 18.9 Å². The second-order valence-corrected chi connectivity index (χ2v) is 5.79. The molecular weight excluding hydrogens is 281 g/mol. The number of benzene rings is 1. The van der Waals surface area contributed by atoms with E-state index in [1.807, 2.05) is 13.1 Å². The highest BCUT2D eigenvalue weighted by molar-refractivity contribution is 5.54. The number of fused-ring (bicyclic) bond motifs is 2. The van der Waals surface area contributed by atoms with Crippen molar-refractivity contribution in [3.05, 3.63) is 24.3 Å². The van der Waals surface area contributed by atoms with Gasteiger partial charge in [0.2, 0.25) is 0 Å². The van der Waals surface area contributed by atoms with Crippen LogP contribution in [0.25, 0.3) is 0 Å². The van der Waals surface area contributed by atoms with Crippen molar-refractivity contribution >= 4 is 5.69 Å². The minimum absolute atomic E-state index is 0.143. The molecule has 21 heavy (non-hydrogen) atoms. The Labute approximate surface area is 122 Å². The quantitative estimate of drug-likeness (QED) is 0.927. The first kappa shape index (κ1) is 14.5. The van der Waals surface area contributed by atoms with Crippen LogP contribution >= 0.6 is 0 Å². The lowest BCUT2D eigenvalue weighted by molar-refractivity contribution is -0.274. The second-order valence-electron chi connectivity index (χ2n) is 5.79. The molecule has 3 nitrogen and oxygen atoms in total. The fraction of sp³-hybridized carbons (Fsp3) is 0.600. The van der Waals surface area contributed by atoms with E-state index in [4.69, 9.17) is 0 Å². The van der Waals surface area contributed by atoms with E-state index in [1.165, 1.54) is 12.1 Å². The van der Waals surface area contributed by atoms with Crippen LogP contribution in [-0.2, 0) is 0 Å². The summed E-state index contributed by atoms with van der Waals surface area (Å²) in [5, 5.41) is 3.32. The molecule has 2 saturated heterocycles. The van der Waals surface area contributed by atoms with Crippen molar-refractivity contribution in [3.63, 3.8) is 0 Å². The van der Waals surface area contributed by atoms with Crippen LogP contribution in [0.15, 0.2) is 24.3 Å². The summed E-state index contributed by atoms with van der Waals surface area (Å²) in [7, 11) is 1.97. The van der Waals surface area contributed by atoms with Gasteiger partial charge in [-0.2, -0.15) is 0 Å². The molecule has 0 aliphatic carbocycles. The Hall–Kier alpha value is -1.43. The number of halogens is 3. The lowest BCUT2D eigenvalue weighted by Crippen LogP contribution is -2.48. The molecular formula is C15H19F3N2O. The maximum atomic E-state index is 12.3. The molecule has 2 unspecified atom stereocenters. The van der Waals surface area contributed by atoms with E-state index >= 15 is 0 Å². The summed E-state index contributed by atoms with van der Waals surface area (Å²) in [5.41, 5.74) is 0.832. The largest absolute Gasteiger partial charge is 0.573 e. The third-order valence-electron chi connectivity index (χ3n) is 4.49. The van der Waals surface area contributed by atoms with E-state index in [1.54, 1.807) is 6.07 Å². The maximum Gasteiger partial charge on any atom is 0.573 e. The molecule has 0 aromatic heterocycles. The summed E-state index contributed by atoms with van der Waals surface area (Å²) in [6.07, 6.45) is -0.355. The predicted molar refractivity (Wildman–Crippen MR) is 74.5 cm³/mol. The fourth-order valence-corrected chi connectivity index (χ4v) is 3.68. The molecule has 2 heterocycles. The highest BCUT2D eigenvalue weighted by atomic mass is 19.4. The Morgan fingerprint density at radius 2 is 1.86 bits per heavy atom. The molecule has 2 aliphatic rings. The number of piperidine rings is 1. The van der Waals surface area contributed by atoms with Crippen LogP contribution < -0.4 is 15.0 Å². The van der Waals surface area contributed by atoms with Crippen molar-refractivity contribution in [2.45, 2.75) is 50.2 Å². The van der Waals surface area contributed by atoms with Gasteiger partial charge in [0.15, 0.2) is 0 Å². The third-order valence-corrected chi connectivity index (χ3v) is 4.49. The Morgan fingerprint density at radius 3 is 2.43 bits per heavy atom. The minimum Gasteiger partial charge on any atom is -0.406 e. The molecule has 6 heteroatoms. The molecule has 1 aromatic rings. The number of rotatable bonds is 3. The molecule has 116 valence electrons. The number of alkyl halides is 3. The van der Waals surface area contributed by atoms with Gasteiger partial charge in [0.1, 0.15) is 5.75 Å². The van der Waals surface area contributed by atoms with Gasteiger partial charge >= 0.3 is 6.36 Å². The first-order valence-corrected chi connectivity index (χ1v) is 7.27. The monoisotopic (exact) mass is 300 g/mol. The van der Waals surface area contributed by atoms with E-state index in [-0.39, 0.29) is 5.75 Å². The second kappa shape index (κ2) is 5.40. The summed E-state index contributed by atoms with van der Waals surface area (Å²) in [6, 6.07) is 7.66. The normalized spacial score (nSPS) is 28.8. The molecule has 2 fully saturated rings. The van der Waals surface area contributed by atoms with Gasteiger partial charge in [-0.15, -0.1) is 13.2 Å². The Morgan fingerprint density at radius 1 is 1.19 bits per heavy atom. The Balaban J connectivity index is 1.80. The number of nitrogens with one attached hydrogen (secondary N) is 1. The van der Waals surface area contributed by atoms with Crippen LogP contribution in [0.3, 0.4) is 0 Å². The van der Waals surface area contributed by atoms with Crippen LogP contribution in [0.2, 0.25) is 0 Å². The summed E-state index contributed by atoms with van der Waals surface area (Å²) in [6.45, 7) is 0. The summed E-state index contributed by atoms with van der Waals surface area (Å²) < 4.78 is 41.0. The molecule has 0 spiro atoms. The zero-order chi connectivity index (χ0) is 15.0. The van der Waals surface area contributed by atoms with Crippen molar-refractivity contribution in [1.29, 1.82) is 0 Å². The number of ether oxygens (including phenoxy) is 1. The maximum absolute atomic E-state index is 12.3. The highest BCUT2D eigenvalue weighted by Crippen LogP contribution is 2.40. The Bertz CT molecular complexity index is 492. The topological polar surface area (TPSA) is 24.5 Å². The van der Waals surface area contributed by atoms with Crippen LogP contribution in [0, 0.1) is 0 Å². The van der Waals surface area contributed by atoms with Crippen molar-refractivity contribution in [2.75, 3.05) is 11.9 Å². The number of hydrogen-bond donors (Lipinski definition) is 1. The number of nitrogens with zero attached hydrogens (tertiary/aromatic N) is 1. The molecule has 2 bridgehead atoms. The third kappa shape index (κ3) is 3.10. The smallest absolute Gasteiger partial charge is 0.406 e. The van der Waals surface area contributed by atoms with Gasteiger partial charge in [-0.3, -0.25) is 0 Å². The first-order chi connectivity index (χ1) is 9.96. The van der Waals surface area contributed by atoms with Gasteiger partial charge in [-0.05, 0) is 44.9 Å². The summed E-state index contributed by atoms with van der Waals surface area (Å²) in [4.78, 5) is 2.27. The molecule has 3 rings (SSSR count). The van der Waals surface area contributed by atoms with Crippen molar-refractivity contribution in [2.24, 2.45) is 0 Å². The Kier molecular flexibility index (Phi) is 3.73. The van der Waals surface area contributed by atoms with Crippen molar-refractivity contribution in [3.8, 4) is 5.75 Å². The molecule has 1 N–H and O–H groups in total. The van der Waals surface area contributed by atoms with Gasteiger partial charge in [-0.25, -0.2) is 0 Å².